The van der Waals surface area contributed by atoms with Gasteiger partial charge in [-0.1, -0.05) is 11.6 Å². The highest BCUT2D eigenvalue weighted by atomic mass is 35.5. The molecule has 4 N–H and O–H groups in total. The van der Waals surface area contributed by atoms with Crippen molar-refractivity contribution in [2.75, 3.05) is 26.6 Å². The fourth-order valence-corrected chi connectivity index (χ4v) is 5.39. The Hall–Kier alpha value is -2.25. The van der Waals surface area contributed by atoms with Crippen LogP contribution in [0.4, 0.5) is 5.69 Å². The van der Waals surface area contributed by atoms with Crippen LogP contribution in [0.1, 0.15) is 11.7 Å². The quantitative estimate of drug-likeness (QED) is 0.603. The summed E-state index contributed by atoms with van der Waals surface area (Å²) in [5.41, 5.74) is 0.508. The van der Waals surface area contributed by atoms with Gasteiger partial charge in [-0.2, -0.15) is 4.72 Å². The number of ether oxygens (including phenoxy) is 3. The van der Waals surface area contributed by atoms with E-state index in [2.05, 4.69) is 10.0 Å². The number of rotatable bonds is 5. The van der Waals surface area contributed by atoms with Gasteiger partial charge in [0, 0.05) is 11.6 Å². The van der Waals surface area contributed by atoms with Gasteiger partial charge in [-0.25, -0.2) is 22.0 Å². The molecule has 158 valence electrons. The summed E-state index contributed by atoms with van der Waals surface area (Å²) in [6, 6.07) is 5.21. The number of benzene rings is 2. The van der Waals surface area contributed by atoms with Crippen molar-refractivity contribution < 1.29 is 31.0 Å². The van der Waals surface area contributed by atoms with Crippen molar-refractivity contribution in [1.29, 1.82) is 0 Å². The SMILES string of the molecule is COc1cc(OC)c([C@H]2Nc3cc(Cl)c(S(N)(=O)=O)cc3S(=O)(=O)N2)cc1OC. The third-order valence-electron chi connectivity index (χ3n) is 4.25. The van der Waals surface area contributed by atoms with Crippen LogP contribution >= 0.6 is 11.6 Å². The van der Waals surface area contributed by atoms with Gasteiger partial charge in [-0.05, 0) is 18.2 Å². The molecule has 0 aliphatic carbocycles. The number of halogens is 1. The summed E-state index contributed by atoms with van der Waals surface area (Å²) >= 11 is 6.00. The Labute approximate surface area is 173 Å². The summed E-state index contributed by atoms with van der Waals surface area (Å²) in [5, 5.41) is 7.86. The Morgan fingerprint density at radius 3 is 2.14 bits per heavy atom. The Morgan fingerprint density at radius 2 is 1.59 bits per heavy atom. The minimum atomic E-state index is -4.21. The van der Waals surface area contributed by atoms with Crippen LogP contribution in [0.25, 0.3) is 0 Å². The van der Waals surface area contributed by atoms with Gasteiger partial charge in [-0.15, -0.1) is 0 Å². The lowest BCUT2D eigenvalue weighted by Crippen LogP contribution is -2.38. The van der Waals surface area contributed by atoms with E-state index in [1.54, 1.807) is 12.1 Å². The minimum Gasteiger partial charge on any atom is -0.496 e. The zero-order chi connectivity index (χ0) is 21.6. The second kappa shape index (κ2) is 7.54. The molecule has 1 aliphatic rings. The highest BCUT2D eigenvalue weighted by molar-refractivity contribution is 7.90. The number of fused-ring (bicyclic) bond motifs is 1. The van der Waals surface area contributed by atoms with E-state index in [1.807, 2.05) is 0 Å². The van der Waals surface area contributed by atoms with E-state index in [9.17, 15) is 16.8 Å². The topological polar surface area (TPSA) is 146 Å². The number of primary sulfonamides is 1. The maximum Gasteiger partial charge on any atom is 0.244 e. The smallest absolute Gasteiger partial charge is 0.244 e. The van der Waals surface area contributed by atoms with E-state index in [4.69, 9.17) is 31.0 Å². The molecule has 0 saturated heterocycles. The Kier molecular flexibility index (Phi) is 5.58. The fraction of sp³-hybridized carbons (Fsp3) is 0.250. The van der Waals surface area contributed by atoms with Crippen LogP contribution in [0.3, 0.4) is 0 Å². The molecule has 3 rings (SSSR count). The summed E-state index contributed by atoms with van der Waals surface area (Å²) in [6.45, 7) is 0. The molecular formula is C16H18ClN3O7S2. The zero-order valence-electron chi connectivity index (χ0n) is 15.5. The van der Waals surface area contributed by atoms with Crippen molar-refractivity contribution in [2.24, 2.45) is 5.14 Å². The summed E-state index contributed by atoms with van der Waals surface area (Å²) in [6.07, 6.45) is -0.960. The fourth-order valence-electron chi connectivity index (χ4n) is 2.91. The van der Waals surface area contributed by atoms with Crippen molar-refractivity contribution in [1.82, 2.24) is 4.72 Å². The lowest BCUT2D eigenvalue weighted by molar-refractivity contribution is 0.346. The van der Waals surface area contributed by atoms with E-state index in [-0.39, 0.29) is 15.6 Å². The molecule has 0 radical (unpaired) electrons. The van der Waals surface area contributed by atoms with E-state index in [1.165, 1.54) is 27.4 Å². The first-order valence-electron chi connectivity index (χ1n) is 7.97. The van der Waals surface area contributed by atoms with Crippen molar-refractivity contribution in [3.8, 4) is 17.2 Å². The molecule has 1 heterocycles. The van der Waals surface area contributed by atoms with Crippen molar-refractivity contribution in [3.05, 3.63) is 34.9 Å². The number of hydrogen-bond donors (Lipinski definition) is 3. The van der Waals surface area contributed by atoms with E-state index < -0.39 is 31.1 Å². The highest BCUT2D eigenvalue weighted by Gasteiger charge is 2.34. The predicted molar refractivity (Wildman–Crippen MR) is 106 cm³/mol. The monoisotopic (exact) mass is 463 g/mol. The molecule has 0 fully saturated rings. The average molecular weight is 464 g/mol. The average Bonchev–Trinajstić information content (AvgIpc) is 2.64. The first-order valence-corrected chi connectivity index (χ1v) is 11.4. The molecule has 0 amide bonds. The van der Waals surface area contributed by atoms with E-state index >= 15 is 0 Å². The summed E-state index contributed by atoms with van der Waals surface area (Å²) in [7, 11) is -4.01. The Bertz CT molecular complexity index is 1180. The predicted octanol–water partition coefficient (Wildman–Crippen LogP) is 1.42. The van der Waals surface area contributed by atoms with Crippen LogP contribution in [-0.2, 0) is 20.0 Å². The highest BCUT2D eigenvalue weighted by Crippen LogP contribution is 2.41. The summed E-state index contributed by atoms with van der Waals surface area (Å²) in [5.74, 6) is 1.09. The molecule has 0 aromatic heterocycles. The molecule has 13 heteroatoms. The largest absolute Gasteiger partial charge is 0.496 e. The number of methoxy groups -OCH3 is 3. The summed E-state index contributed by atoms with van der Waals surface area (Å²) < 4.78 is 67.2. The first kappa shape index (κ1) is 21.5. The van der Waals surface area contributed by atoms with Gasteiger partial charge in [0.05, 0.1) is 32.0 Å². The van der Waals surface area contributed by atoms with Gasteiger partial charge >= 0.3 is 0 Å². The van der Waals surface area contributed by atoms with Crippen molar-refractivity contribution in [3.63, 3.8) is 0 Å². The van der Waals surface area contributed by atoms with Crippen LogP contribution in [0.2, 0.25) is 5.02 Å². The normalized spacial score (nSPS) is 17.8. The molecule has 29 heavy (non-hydrogen) atoms. The van der Waals surface area contributed by atoms with Crippen LogP contribution in [-0.4, -0.2) is 38.2 Å². The second-order valence-corrected chi connectivity index (χ2v) is 9.59. The van der Waals surface area contributed by atoms with Crippen LogP contribution in [0, 0.1) is 0 Å². The Balaban J connectivity index is 2.16. The molecule has 0 saturated carbocycles. The zero-order valence-corrected chi connectivity index (χ0v) is 17.9. The first-order chi connectivity index (χ1) is 13.5. The lowest BCUT2D eigenvalue weighted by Gasteiger charge is -2.30. The molecule has 0 unspecified atom stereocenters. The number of sulfonamides is 2. The van der Waals surface area contributed by atoms with Crippen molar-refractivity contribution in [2.45, 2.75) is 16.0 Å². The van der Waals surface area contributed by atoms with E-state index in [0.717, 1.165) is 6.07 Å². The standard InChI is InChI=1S/C16H18ClN3O7S2/c1-25-11-6-13(27-3)12(26-2)4-8(11)16-19-10-5-9(17)14(28(18,21)22)7-15(10)29(23,24)20-16/h4-7,16,19-20H,1-3H3,(H2,18,21,22)/t16-/m0/s1. The maximum absolute atomic E-state index is 12.8. The molecule has 2 aromatic carbocycles. The van der Waals surface area contributed by atoms with Crippen LogP contribution in [0.5, 0.6) is 17.2 Å². The summed E-state index contributed by atoms with van der Waals surface area (Å²) in [4.78, 5) is -0.797. The van der Waals surface area contributed by atoms with Crippen molar-refractivity contribution >= 4 is 37.3 Å². The van der Waals surface area contributed by atoms with Gasteiger partial charge in [-0.3, -0.25) is 0 Å². The van der Waals surface area contributed by atoms with Gasteiger partial charge in [0.15, 0.2) is 11.5 Å². The molecular weight excluding hydrogens is 446 g/mol. The van der Waals surface area contributed by atoms with Gasteiger partial charge in [0.2, 0.25) is 20.0 Å². The van der Waals surface area contributed by atoms with Gasteiger partial charge in [0.1, 0.15) is 21.7 Å². The van der Waals surface area contributed by atoms with Gasteiger partial charge in [0.25, 0.3) is 0 Å². The Morgan fingerprint density at radius 1 is 1.00 bits per heavy atom. The number of nitrogens with two attached hydrogens (primary N) is 1. The number of hydrogen-bond acceptors (Lipinski definition) is 8. The minimum absolute atomic E-state index is 0.1000. The second-order valence-electron chi connectivity index (χ2n) is 5.97. The molecule has 10 nitrogen and oxygen atoms in total. The van der Waals surface area contributed by atoms with Crippen LogP contribution < -0.4 is 29.4 Å². The van der Waals surface area contributed by atoms with Gasteiger partial charge < -0.3 is 19.5 Å². The number of anilines is 1. The third-order valence-corrected chi connectivity index (χ3v) is 7.09. The van der Waals surface area contributed by atoms with Crippen LogP contribution in [0.15, 0.2) is 34.1 Å². The third kappa shape index (κ3) is 3.94. The number of nitrogens with one attached hydrogen (secondary N) is 2. The molecule has 0 spiro atoms. The maximum atomic E-state index is 12.8. The molecule has 1 atom stereocenters. The molecule has 1 aliphatic heterocycles. The molecule has 2 aromatic rings. The lowest BCUT2D eigenvalue weighted by atomic mass is 10.1. The molecule has 0 bridgehead atoms. The van der Waals surface area contributed by atoms with E-state index in [0.29, 0.717) is 22.8 Å².